The van der Waals surface area contributed by atoms with Crippen molar-refractivity contribution in [2.75, 3.05) is 32.1 Å². The molecule has 0 fully saturated rings. The van der Waals surface area contributed by atoms with Gasteiger partial charge >= 0.3 is 0 Å². The van der Waals surface area contributed by atoms with Gasteiger partial charge in [0.25, 0.3) is 0 Å². The highest BCUT2D eigenvalue weighted by molar-refractivity contribution is 5.92. The van der Waals surface area contributed by atoms with E-state index in [1.54, 1.807) is 7.11 Å². The number of carbonyl (C=O) groups excluding carboxylic acids is 1. The maximum Gasteiger partial charge on any atom is 0.238 e. The number of amides is 1. The van der Waals surface area contributed by atoms with Gasteiger partial charge in [-0.2, -0.15) is 0 Å². The van der Waals surface area contributed by atoms with E-state index < -0.39 is 0 Å². The van der Waals surface area contributed by atoms with Crippen LogP contribution in [0.25, 0.3) is 0 Å². The molecule has 4 heteroatoms. The highest BCUT2D eigenvalue weighted by Crippen LogP contribution is 2.24. The van der Waals surface area contributed by atoms with Crippen molar-refractivity contribution in [3.63, 3.8) is 0 Å². The summed E-state index contributed by atoms with van der Waals surface area (Å²) in [5.74, 6) is -0.0101. The SMILES string of the molecule is COCCNCC(=O)Nc1ccc2c(c1)CCC2. The fourth-order valence-corrected chi connectivity index (χ4v) is 2.23. The molecule has 4 nitrogen and oxygen atoms in total. The summed E-state index contributed by atoms with van der Waals surface area (Å²) in [6.45, 7) is 1.63. The van der Waals surface area contributed by atoms with E-state index in [0.29, 0.717) is 19.7 Å². The van der Waals surface area contributed by atoms with Crippen LogP contribution in [0.15, 0.2) is 18.2 Å². The van der Waals surface area contributed by atoms with E-state index in [1.165, 1.54) is 24.0 Å². The second kappa shape index (κ2) is 6.52. The number of benzene rings is 1. The smallest absolute Gasteiger partial charge is 0.238 e. The summed E-state index contributed by atoms with van der Waals surface area (Å²) in [6.07, 6.45) is 3.53. The van der Waals surface area contributed by atoms with Gasteiger partial charge in [-0.1, -0.05) is 6.07 Å². The number of hydrogen-bond acceptors (Lipinski definition) is 3. The Labute approximate surface area is 108 Å². The number of carbonyl (C=O) groups is 1. The Morgan fingerprint density at radius 2 is 2.17 bits per heavy atom. The molecule has 0 unspecified atom stereocenters. The van der Waals surface area contributed by atoms with E-state index >= 15 is 0 Å². The highest BCUT2D eigenvalue weighted by atomic mass is 16.5. The summed E-state index contributed by atoms with van der Waals surface area (Å²) < 4.78 is 4.90. The topological polar surface area (TPSA) is 50.4 Å². The Bertz CT molecular complexity index is 418. The lowest BCUT2D eigenvalue weighted by Crippen LogP contribution is -2.30. The average molecular weight is 248 g/mol. The first-order chi connectivity index (χ1) is 8.79. The standard InChI is InChI=1S/C14H20N2O2/c1-18-8-7-15-10-14(17)16-13-6-5-11-3-2-4-12(11)9-13/h5-6,9,15H,2-4,7-8,10H2,1H3,(H,16,17). The van der Waals surface area contributed by atoms with Gasteiger partial charge in [-0.25, -0.2) is 0 Å². The largest absolute Gasteiger partial charge is 0.383 e. The van der Waals surface area contributed by atoms with Gasteiger partial charge in [0.15, 0.2) is 0 Å². The molecule has 98 valence electrons. The van der Waals surface area contributed by atoms with Crippen LogP contribution in [0.2, 0.25) is 0 Å². The Morgan fingerprint density at radius 3 is 3.00 bits per heavy atom. The Kier molecular flexibility index (Phi) is 4.73. The zero-order chi connectivity index (χ0) is 12.8. The van der Waals surface area contributed by atoms with E-state index in [0.717, 1.165) is 12.1 Å². The fraction of sp³-hybridized carbons (Fsp3) is 0.500. The predicted molar refractivity (Wildman–Crippen MR) is 71.8 cm³/mol. The van der Waals surface area contributed by atoms with E-state index in [9.17, 15) is 4.79 Å². The molecule has 0 aromatic heterocycles. The molecular formula is C14H20N2O2. The minimum absolute atomic E-state index is 0.0101. The average Bonchev–Trinajstić information content (AvgIpc) is 2.82. The zero-order valence-electron chi connectivity index (χ0n) is 10.8. The molecular weight excluding hydrogens is 228 g/mol. The molecule has 0 atom stereocenters. The summed E-state index contributed by atoms with van der Waals surface area (Å²) in [7, 11) is 1.65. The Hall–Kier alpha value is -1.39. The molecule has 1 amide bonds. The second-order valence-corrected chi connectivity index (χ2v) is 4.55. The number of ether oxygens (including phenoxy) is 1. The summed E-state index contributed by atoms with van der Waals surface area (Å²) in [5, 5.41) is 5.93. The molecule has 0 bridgehead atoms. The van der Waals surface area contributed by atoms with Crippen LogP contribution in [0.5, 0.6) is 0 Å². The molecule has 18 heavy (non-hydrogen) atoms. The summed E-state index contributed by atoms with van der Waals surface area (Å²) in [5.41, 5.74) is 3.69. The van der Waals surface area contributed by atoms with Crippen LogP contribution >= 0.6 is 0 Å². The molecule has 0 radical (unpaired) electrons. The Morgan fingerprint density at radius 1 is 1.33 bits per heavy atom. The van der Waals surface area contributed by atoms with Gasteiger partial charge in [-0.15, -0.1) is 0 Å². The van der Waals surface area contributed by atoms with Crippen molar-refractivity contribution in [3.8, 4) is 0 Å². The monoisotopic (exact) mass is 248 g/mol. The number of anilines is 1. The molecule has 0 spiro atoms. The third-order valence-corrected chi connectivity index (χ3v) is 3.15. The summed E-state index contributed by atoms with van der Waals surface area (Å²) >= 11 is 0. The van der Waals surface area contributed by atoms with Crippen LogP contribution in [-0.2, 0) is 22.4 Å². The van der Waals surface area contributed by atoms with Crippen LogP contribution in [0.1, 0.15) is 17.5 Å². The number of aryl methyl sites for hydroxylation is 2. The molecule has 1 aromatic rings. The molecule has 0 saturated carbocycles. The minimum atomic E-state index is -0.0101. The van der Waals surface area contributed by atoms with E-state index in [2.05, 4.69) is 22.8 Å². The van der Waals surface area contributed by atoms with Gasteiger partial charge < -0.3 is 15.4 Å². The number of hydrogen-bond donors (Lipinski definition) is 2. The molecule has 1 aliphatic rings. The molecule has 1 aromatic carbocycles. The number of fused-ring (bicyclic) bond motifs is 1. The van der Waals surface area contributed by atoms with Gasteiger partial charge in [0.2, 0.25) is 5.91 Å². The minimum Gasteiger partial charge on any atom is -0.383 e. The molecule has 2 rings (SSSR count). The lowest BCUT2D eigenvalue weighted by atomic mass is 10.1. The first-order valence-corrected chi connectivity index (χ1v) is 6.41. The van der Waals surface area contributed by atoms with Crippen molar-refractivity contribution in [2.45, 2.75) is 19.3 Å². The third-order valence-electron chi connectivity index (χ3n) is 3.15. The maximum absolute atomic E-state index is 11.7. The van der Waals surface area contributed by atoms with Crippen LogP contribution in [0.4, 0.5) is 5.69 Å². The van der Waals surface area contributed by atoms with Crippen LogP contribution in [-0.4, -0.2) is 32.7 Å². The first kappa shape index (κ1) is 13.1. The van der Waals surface area contributed by atoms with Gasteiger partial charge in [0, 0.05) is 19.3 Å². The van der Waals surface area contributed by atoms with Crippen molar-refractivity contribution in [1.82, 2.24) is 5.32 Å². The van der Waals surface area contributed by atoms with Crippen molar-refractivity contribution >= 4 is 11.6 Å². The summed E-state index contributed by atoms with van der Waals surface area (Å²) in [6, 6.07) is 6.20. The van der Waals surface area contributed by atoms with E-state index in [-0.39, 0.29) is 5.91 Å². The number of rotatable bonds is 6. The molecule has 0 heterocycles. The summed E-state index contributed by atoms with van der Waals surface area (Å²) in [4.78, 5) is 11.7. The van der Waals surface area contributed by atoms with Crippen LogP contribution < -0.4 is 10.6 Å². The third kappa shape index (κ3) is 3.55. The van der Waals surface area contributed by atoms with Crippen molar-refractivity contribution in [3.05, 3.63) is 29.3 Å². The predicted octanol–water partition coefficient (Wildman–Crippen LogP) is 1.35. The lowest BCUT2D eigenvalue weighted by Gasteiger charge is -2.08. The van der Waals surface area contributed by atoms with Gasteiger partial charge in [0.05, 0.1) is 13.2 Å². The molecule has 2 N–H and O–H groups in total. The van der Waals surface area contributed by atoms with Crippen molar-refractivity contribution < 1.29 is 9.53 Å². The van der Waals surface area contributed by atoms with Crippen LogP contribution in [0.3, 0.4) is 0 Å². The molecule has 1 aliphatic carbocycles. The van der Waals surface area contributed by atoms with Crippen molar-refractivity contribution in [1.29, 1.82) is 0 Å². The highest BCUT2D eigenvalue weighted by Gasteiger charge is 2.11. The quantitative estimate of drug-likeness (QED) is 0.747. The van der Waals surface area contributed by atoms with E-state index in [1.807, 2.05) is 6.07 Å². The van der Waals surface area contributed by atoms with Crippen molar-refractivity contribution in [2.24, 2.45) is 0 Å². The van der Waals surface area contributed by atoms with Gasteiger partial charge in [0.1, 0.15) is 0 Å². The molecule has 0 aliphatic heterocycles. The normalized spacial score (nSPS) is 13.4. The lowest BCUT2D eigenvalue weighted by molar-refractivity contribution is -0.115. The second-order valence-electron chi connectivity index (χ2n) is 4.55. The van der Waals surface area contributed by atoms with E-state index in [4.69, 9.17) is 4.74 Å². The number of nitrogens with one attached hydrogen (secondary N) is 2. The maximum atomic E-state index is 11.7. The first-order valence-electron chi connectivity index (χ1n) is 6.41. The zero-order valence-corrected chi connectivity index (χ0v) is 10.8. The van der Waals surface area contributed by atoms with Gasteiger partial charge in [-0.3, -0.25) is 4.79 Å². The number of methoxy groups -OCH3 is 1. The fourth-order valence-electron chi connectivity index (χ4n) is 2.23. The molecule has 0 saturated heterocycles. The van der Waals surface area contributed by atoms with Crippen LogP contribution in [0, 0.1) is 0 Å². The Balaban J connectivity index is 1.80. The van der Waals surface area contributed by atoms with Gasteiger partial charge in [-0.05, 0) is 42.5 Å².